The Labute approximate surface area is 199 Å². The van der Waals surface area contributed by atoms with E-state index in [-0.39, 0.29) is 11.7 Å². The van der Waals surface area contributed by atoms with Crippen molar-refractivity contribution in [2.45, 2.75) is 26.7 Å². The first-order valence-corrected chi connectivity index (χ1v) is 11.6. The van der Waals surface area contributed by atoms with Crippen molar-refractivity contribution >= 4 is 23.3 Å². The highest BCUT2D eigenvalue weighted by atomic mass is 19.1. The summed E-state index contributed by atoms with van der Waals surface area (Å²) in [4.78, 5) is 27.3. The average molecular weight is 460 g/mol. The number of fused-ring (bicyclic) bond motifs is 1. The first-order valence-electron chi connectivity index (χ1n) is 11.6. The fourth-order valence-corrected chi connectivity index (χ4v) is 3.97. The molecule has 1 aliphatic rings. The van der Waals surface area contributed by atoms with E-state index in [0.29, 0.717) is 0 Å². The summed E-state index contributed by atoms with van der Waals surface area (Å²) in [5.74, 6) is 1.95. The van der Waals surface area contributed by atoms with Crippen LogP contribution >= 0.6 is 0 Å². The zero-order valence-corrected chi connectivity index (χ0v) is 19.8. The zero-order valence-electron chi connectivity index (χ0n) is 19.8. The molecule has 0 atom stereocenters. The number of amides is 1. The molecular weight excluding hydrogens is 429 g/mol. The van der Waals surface area contributed by atoms with Crippen LogP contribution in [0.1, 0.15) is 30.9 Å². The van der Waals surface area contributed by atoms with E-state index >= 15 is 0 Å². The van der Waals surface area contributed by atoms with E-state index in [1.54, 1.807) is 11.0 Å². The second kappa shape index (κ2) is 10.5. The van der Waals surface area contributed by atoms with Crippen LogP contribution in [-0.4, -0.2) is 52.4 Å². The number of aryl methyl sites for hydroxylation is 1. The lowest BCUT2D eigenvalue weighted by molar-refractivity contribution is -0.118. The molecule has 34 heavy (non-hydrogen) atoms. The maximum absolute atomic E-state index is 12.8. The number of halogens is 1. The van der Waals surface area contributed by atoms with Gasteiger partial charge in [0.2, 0.25) is 6.41 Å². The largest absolute Gasteiger partial charge is 0.353 e. The Bertz CT molecular complexity index is 1240. The highest BCUT2D eigenvalue weighted by Gasteiger charge is 2.17. The van der Waals surface area contributed by atoms with Gasteiger partial charge >= 0.3 is 0 Å². The maximum atomic E-state index is 12.8. The monoisotopic (exact) mass is 459 g/mol. The number of rotatable bonds is 4. The van der Waals surface area contributed by atoms with E-state index in [9.17, 15) is 9.18 Å². The summed E-state index contributed by atoms with van der Waals surface area (Å²) in [5, 5.41) is 0. The van der Waals surface area contributed by atoms with Crippen LogP contribution in [0.25, 0.3) is 22.4 Å². The predicted molar refractivity (Wildman–Crippen MR) is 134 cm³/mol. The number of carbonyl (C=O) groups is 1. The first-order chi connectivity index (χ1) is 16.4. The van der Waals surface area contributed by atoms with E-state index in [2.05, 4.69) is 38.9 Å². The van der Waals surface area contributed by atoms with Crippen molar-refractivity contribution < 1.29 is 9.18 Å². The Morgan fingerprint density at radius 2 is 1.79 bits per heavy atom. The number of nitrogens with one attached hydrogen (secondary N) is 1. The molecule has 0 radical (unpaired) electrons. The standard InChI is InChI=1S/C18H19N5O.C9H11F/c1-13-2-4-15-16(10-13)21-18(20-15)14-3-5-17(19-11-14)23-8-6-22(12-24)7-9-23;1-7(2)8-5-3-4-6-9(8)10/h2-5,10-12H,6-9H2,1H3,(H,20,21);3-7H,1-2H3. The van der Waals surface area contributed by atoms with Crippen LogP contribution < -0.4 is 4.90 Å². The fraction of sp³-hybridized carbons (Fsp3) is 0.296. The molecule has 2 aromatic carbocycles. The summed E-state index contributed by atoms with van der Waals surface area (Å²) in [5.41, 5.74) is 4.98. The van der Waals surface area contributed by atoms with Crippen molar-refractivity contribution in [3.05, 3.63) is 77.7 Å². The molecule has 0 unspecified atom stereocenters. The number of pyridine rings is 1. The van der Waals surface area contributed by atoms with Gasteiger partial charge in [0.15, 0.2) is 0 Å². The molecule has 4 aromatic rings. The molecule has 5 rings (SSSR count). The number of H-pyrrole nitrogens is 1. The predicted octanol–water partition coefficient (Wildman–Crippen LogP) is 5.16. The summed E-state index contributed by atoms with van der Waals surface area (Å²) in [6.45, 7) is 9.16. The highest BCUT2D eigenvalue weighted by Crippen LogP contribution is 2.23. The molecule has 0 spiro atoms. The third kappa shape index (κ3) is 5.42. The van der Waals surface area contributed by atoms with Gasteiger partial charge in [0.25, 0.3) is 0 Å². The van der Waals surface area contributed by atoms with Gasteiger partial charge in [-0.2, -0.15) is 0 Å². The molecule has 2 aromatic heterocycles. The number of hydrogen-bond donors (Lipinski definition) is 1. The zero-order chi connectivity index (χ0) is 24.1. The van der Waals surface area contributed by atoms with Gasteiger partial charge in [-0.05, 0) is 54.3 Å². The van der Waals surface area contributed by atoms with Gasteiger partial charge in [-0.1, -0.05) is 38.1 Å². The third-order valence-electron chi connectivity index (χ3n) is 5.97. The Balaban J connectivity index is 0.000000231. The van der Waals surface area contributed by atoms with Crippen LogP contribution in [0.2, 0.25) is 0 Å². The van der Waals surface area contributed by atoms with Gasteiger partial charge in [0, 0.05) is 37.9 Å². The summed E-state index contributed by atoms with van der Waals surface area (Å²) >= 11 is 0. The Morgan fingerprint density at radius 1 is 1.03 bits per heavy atom. The number of imidazole rings is 1. The SMILES string of the molecule is CC(C)c1ccccc1F.Cc1ccc2nc(-c3ccc(N4CCN(C=O)CC4)nc3)[nH]c2c1. The first kappa shape index (κ1) is 23.4. The molecule has 3 heterocycles. The lowest BCUT2D eigenvalue weighted by Gasteiger charge is -2.33. The normalized spacial score (nSPS) is 13.7. The third-order valence-corrected chi connectivity index (χ3v) is 5.97. The molecule has 0 bridgehead atoms. The van der Waals surface area contributed by atoms with Crippen LogP contribution in [0.5, 0.6) is 0 Å². The Hall–Kier alpha value is -3.74. The second-order valence-corrected chi connectivity index (χ2v) is 8.82. The van der Waals surface area contributed by atoms with Crippen molar-refractivity contribution in [1.29, 1.82) is 0 Å². The van der Waals surface area contributed by atoms with Crippen LogP contribution in [-0.2, 0) is 4.79 Å². The number of piperazine rings is 1. The Morgan fingerprint density at radius 3 is 2.41 bits per heavy atom. The molecule has 1 N–H and O–H groups in total. The number of carbonyl (C=O) groups excluding carboxylic acids is 1. The summed E-state index contributed by atoms with van der Waals surface area (Å²) in [6, 6.07) is 17.1. The molecule has 1 saturated heterocycles. The minimum atomic E-state index is -0.0995. The summed E-state index contributed by atoms with van der Waals surface area (Å²) in [7, 11) is 0. The van der Waals surface area contributed by atoms with Crippen LogP contribution in [0, 0.1) is 12.7 Å². The van der Waals surface area contributed by atoms with Gasteiger partial charge in [-0.15, -0.1) is 0 Å². The minimum absolute atomic E-state index is 0.0995. The molecule has 0 aliphatic carbocycles. The maximum Gasteiger partial charge on any atom is 0.209 e. The van der Waals surface area contributed by atoms with E-state index < -0.39 is 0 Å². The average Bonchev–Trinajstić information content (AvgIpc) is 3.28. The minimum Gasteiger partial charge on any atom is -0.353 e. The molecule has 176 valence electrons. The highest BCUT2D eigenvalue weighted by molar-refractivity contribution is 5.80. The van der Waals surface area contributed by atoms with Crippen LogP contribution in [0.15, 0.2) is 60.8 Å². The molecule has 1 aliphatic heterocycles. The molecule has 1 amide bonds. The number of aromatic amines is 1. The Kier molecular flexibility index (Phi) is 7.21. The van der Waals surface area contributed by atoms with Crippen molar-refractivity contribution in [1.82, 2.24) is 19.9 Å². The van der Waals surface area contributed by atoms with Gasteiger partial charge in [-0.3, -0.25) is 4.79 Å². The van der Waals surface area contributed by atoms with E-state index in [0.717, 1.165) is 66.4 Å². The quantitative estimate of drug-likeness (QED) is 0.428. The van der Waals surface area contributed by atoms with Crippen molar-refractivity contribution in [2.75, 3.05) is 31.1 Å². The second-order valence-electron chi connectivity index (χ2n) is 8.82. The number of aromatic nitrogens is 3. The number of hydrogen-bond acceptors (Lipinski definition) is 4. The number of anilines is 1. The molecular formula is C27H30FN5O. The van der Waals surface area contributed by atoms with Crippen LogP contribution in [0.3, 0.4) is 0 Å². The van der Waals surface area contributed by atoms with Crippen molar-refractivity contribution in [3.8, 4) is 11.4 Å². The van der Waals surface area contributed by atoms with E-state index in [1.807, 2.05) is 50.4 Å². The number of nitrogens with zero attached hydrogens (tertiary/aromatic N) is 4. The van der Waals surface area contributed by atoms with Crippen molar-refractivity contribution in [3.63, 3.8) is 0 Å². The summed E-state index contributed by atoms with van der Waals surface area (Å²) in [6.07, 6.45) is 2.77. The summed E-state index contributed by atoms with van der Waals surface area (Å²) < 4.78 is 12.8. The van der Waals surface area contributed by atoms with Gasteiger partial charge in [0.1, 0.15) is 17.5 Å². The molecule has 6 nitrogen and oxygen atoms in total. The smallest absolute Gasteiger partial charge is 0.209 e. The van der Waals surface area contributed by atoms with Gasteiger partial charge in [-0.25, -0.2) is 14.4 Å². The lowest BCUT2D eigenvalue weighted by Crippen LogP contribution is -2.45. The number of benzene rings is 2. The van der Waals surface area contributed by atoms with E-state index in [4.69, 9.17) is 0 Å². The van der Waals surface area contributed by atoms with Crippen molar-refractivity contribution in [2.24, 2.45) is 0 Å². The van der Waals surface area contributed by atoms with Gasteiger partial charge in [0.05, 0.1) is 11.0 Å². The van der Waals surface area contributed by atoms with Crippen LogP contribution in [0.4, 0.5) is 10.2 Å². The topological polar surface area (TPSA) is 65.1 Å². The molecule has 0 saturated carbocycles. The molecule has 7 heteroatoms. The van der Waals surface area contributed by atoms with E-state index in [1.165, 1.54) is 11.6 Å². The fourth-order valence-electron chi connectivity index (χ4n) is 3.97. The lowest BCUT2D eigenvalue weighted by atomic mass is 10.0. The van der Waals surface area contributed by atoms with Gasteiger partial charge < -0.3 is 14.8 Å². The molecule has 1 fully saturated rings.